The van der Waals surface area contributed by atoms with Crippen molar-refractivity contribution in [1.82, 2.24) is 25.0 Å². The van der Waals surface area contributed by atoms with E-state index in [4.69, 9.17) is 0 Å². The Hall–Kier alpha value is -1.73. The van der Waals surface area contributed by atoms with Crippen molar-refractivity contribution < 1.29 is 4.79 Å². The first-order valence-corrected chi connectivity index (χ1v) is 9.00. The predicted molar refractivity (Wildman–Crippen MR) is 90.2 cm³/mol. The minimum atomic E-state index is -0.102. The predicted octanol–water partition coefficient (Wildman–Crippen LogP) is 1.55. The maximum absolute atomic E-state index is 12.4. The van der Waals surface area contributed by atoms with E-state index >= 15 is 0 Å². The van der Waals surface area contributed by atoms with Gasteiger partial charge >= 0.3 is 0 Å². The van der Waals surface area contributed by atoms with Crippen LogP contribution < -0.4 is 5.32 Å². The van der Waals surface area contributed by atoms with Crippen molar-refractivity contribution in [3.63, 3.8) is 0 Å². The summed E-state index contributed by atoms with van der Waals surface area (Å²) in [7, 11) is 0. The minimum Gasteiger partial charge on any atom is -0.354 e. The van der Waals surface area contributed by atoms with E-state index in [2.05, 4.69) is 31.7 Å². The lowest BCUT2D eigenvalue weighted by molar-refractivity contribution is -0.126. The molecule has 0 unspecified atom stereocenters. The van der Waals surface area contributed by atoms with Crippen molar-refractivity contribution in [3.05, 3.63) is 35.0 Å². The van der Waals surface area contributed by atoms with Gasteiger partial charge in [-0.1, -0.05) is 6.07 Å². The van der Waals surface area contributed by atoms with Gasteiger partial charge in [-0.15, -0.1) is 11.3 Å². The summed E-state index contributed by atoms with van der Waals surface area (Å²) in [5, 5.41) is 9.31. The van der Waals surface area contributed by atoms with E-state index in [1.54, 1.807) is 24.0 Å². The van der Waals surface area contributed by atoms with Crippen molar-refractivity contribution in [1.29, 1.82) is 0 Å². The number of nitrogens with zero attached hydrogens (tertiary/aromatic N) is 4. The molecular weight excluding hydrogens is 310 g/mol. The average molecular weight is 333 g/mol. The van der Waals surface area contributed by atoms with Crippen molar-refractivity contribution in [2.24, 2.45) is 0 Å². The van der Waals surface area contributed by atoms with Crippen LogP contribution in [-0.4, -0.2) is 50.7 Å². The molecule has 1 aliphatic rings. The lowest BCUT2D eigenvalue weighted by atomic mass is 10.2. The van der Waals surface area contributed by atoms with Gasteiger partial charge in [0.15, 0.2) is 0 Å². The molecule has 23 heavy (non-hydrogen) atoms. The fourth-order valence-corrected chi connectivity index (χ4v) is 3.88. The monoisotopic (exact) mass is 333 g/mol. The smallest absolute Gasteiger partial charge is 0.237 e. The van der Waals surface area contributed by atoms with E-state index in [0.717, 1.165) is 32.4 Å². The summed E-state index contributed by atoms with van der Waals surface area (Å²) in [4.78, 5) is 20.0. The van der Waals surface area contributed by atoms with Gasteiger partial charge in [-0.25, -0.2) is 4.98 Å². The van der Waals surface area contributed by atoms with E-state index in [-0.39, 0.29) is 11.9 Å². The van der Waals surface area contributed by atoms with Gasteiger partial charge in [0.05, 0.1) is 12.6 Å². The molecule has 6 nitrogen and oxygen atoms in total. The summed E-state index contributed by atoms with van der Waals surface area (Å²) < 4.78 is 1.85. The summed E-state index contributed by atoms with van der Waals surface area (Å²) in [6.45, 7) is 4.47. The lowest BCUT2D eigenvalue weighted by Gasteiger charge is -2.29. The summed E-state index contributed by atoms with van der Waals surface area (Å²) in [6.07, 6.45) is 6.43. The molecule has 0 spiro atoms. The molecule has 2 aromatic heterocycles. The maximum Gasteiger partial charge on any atom is 0.237 e. The number of likely N-dealkylation sites (tertiary alicyclic amines) is 1. The largest absolute Gasteiger partial charge is 0.354 e. The van der Waals surface area contributed by atoms with Gasteiger partial charge in [0, 0.05) is 17.5 Å². The zero-order valence-electron chi connectivity index (χ0n) is 13.4. The Labute approximate surface area is 140 Å². The van der Waals surface area contributed by atoms with Gasteiger partial charge in [-0.2, -0.15) is 5.10 Å². The normalized spacial score (nSPS) is 19.8. The second-order valence-electron chi connectivity index (χ2n) is 5.95. The van der Waals surface area contributed by atoms with Crippen molar-refractivity contribution in [3.8, 4) is 0 Å². The second-order valence-corrected chi connectivity index (χ2v) is 6.98. The Balaban J connectivity index is 1.49. The third-order valence-electron chi connectivity index (χ3n) is 4.41. The van der Waals surface area contributed by atoms with E-state index in [0.29, 0.717) is 12.6 Å². The van der Waals surface area contributed by atoms with Crippen LogP contribution in [-0.2, 0) is 17.8 Å². The molecule has 0 saturated carbocycles. The van der Waals surface area contributed by atoms with Crippen LogP contribution in [0.1, 0.15) is 24.6 Å². The molecule has 1 N–H and O–H groups in total. The van der Waals surface area contributed by atoms with Crippen LogP contribution in [0.4, 0.5) is 0 Å². The highest BCUT2D eigenvalue weighted by Crippen LogP contribution is 2.21. The van der Waals surface area contributed by atoms with Crippen molar-refractivity contribution in [2.75, 3.05) is 13.1 Å². The average Bonchev–Trinajstić information content (AvgIpc) is 3.29. The quantitative estimate of drug-likeness (QED) is 0.835. The molecule has 0 aromatic carbocycles. The highest BCUT2D eigenvalue weighted by atomic mass is 32.1. The zero-order chi connectivity index (χ0) is 16.1. The fraction of sp³-hybridized carbons (Fsp3) is 0.562. The molecule has 2 atom stereocenters. The highest BCUT2D eigenvalue weighted by molar-refractivity contribution is 7.09. The molecule has 1 amide bonds. The van der Waals surface area contributed by atoms with Crippen LogP contribution in [0.2, 0.25) is 0 Å². The number of thiophene rings is 1. The zero-order valence-corrected chi connectivity index (χ0v) is 14.2. The maximum atomic E-state index is 12.4. The standard InChI is InChI=1S/C16H23N5OS/c1-13(16(22)18-7-6-15-5-3-9-23-15)21-8-2-4-14(21)10-20-12-17-11-19-20/h3,5,9,11-14H,2,4,6-8,10H2,1H3,(H,18,22)/t13-,14-/m1/s1. The van der Waals surface area contributed by atoms with Crippen LogP contribution in [0.15, 0.2) is 30.2 Å². The Morgan fingerprint density at radius 3 is 3.22 bits per heavy atom. The molecule has 124 valence electrons. The SMILES string of the molecule is C[C@H](C(=O)NCCc1cccs1)N1CCC[C@@H]1Cn1cncn1. The van der Waals surface area contributed by atoms with Gasteiger partial charge in [-0.3, -0.25) is 14.4 Å². The van der Waals surface area contributed by atoms with Gasteiger partial charge in [0.25, 0.3) is 0 Å². The number of nitrogens with one attached hydrogen (secondary N) is 1. The van der Waals surface area contributed by atoms with Gasteiger partial charge in [-0.05, 0) is 44.2 Å². The Kier molecular flexibility index (Phi) is 5.40. The second kappa shape index (κ2) is 7.70. The van der Waals surface area contributed by atoms with E-state index < -0.39 is 0 Å². The molecule has 0 bridgehead atoms. The Morgan fingerprint density at radius 2 is 2.48 bits per heavy atom. The van der Waals surface area contributed by atoms with Gasteiger partial charge < -0.3 is 5.32 Å². The number of rotatable bonds is 7. The number of aromatic nitrogens is 3. The summed E-state index contributed by atoms with van der Waals surface area (Å²) in [5.41, 5.74) is 0. The van der Waals surface area contributed by atoms with Crippen molar-refractivity contribution in [2.45, 2.75) is 44.8 Å². The molecule has 0 radical (unpaired) electrons. The van der Waals surface area contributed by atoms with E-state index in [1.807, 2.05) is 17.7 Å². The Bertz CT molecular complexity index is 598. The molecule has 2 aromatic rings. The highest BCUT2D eigenvalue weighted by Gasteiger charge is 2.32. The first-order chi connectivity index (χ1) is 11.2. The number of hydrogen-bond donors (Lipinski definition) is 1. The first-order valence-electron chi connectivity index (χ1n) is 8.12. The van der Waals surface area contributed by atoms with Crippen molar-refractivity contribution >= 4 is 17.2 Å². The lowest BCUT2D eigenvalue weighted by Crippen LogP contribution is -2.48. The van der Waals surface area contributed by atoms with Gasteiger partial charge in [0.1, 0.15) is 12.7 Å². The molecule has 3 heterocycles. The van der Waals surface area contributed by atoms with Crippen LogP contribution in [0.25, 0.3) is 0 Å². The van der Waals surface area contributed by atoms with E-state index in [1.165, 1.54) is 4.88 Å². The van der Waals surface area contributed by atoms with E-state index in [9.17, 15) is 4.79 Å². The molecule has 1 saturated heterocycles. The van der Waals surface area contributed by atoms with Crippen LogP contribution in [0.3, 0.4) is 0 Å². The molecule has 1 fully saturated rings. The minimum absolute atomic E-state index is 0.102. The number of hydrogen-bond acceptors (Lipinski definition) is 5. The number of carbonyl (C=O) groups is 1. The summed E-state index contributed by atoms with van der Waals surface area (Å²) in [5.74, 6) is 0.118. The molecule has 1 aliphatic heterocycles. The van der Waals surface area contributed by atoms with Crippen LogP contribution in [0.5, 0.6) is 0 Å². The Morgan fingerprint density at radius 1 is 1.57 bits per heavy atom. The topological polar surface area (TPSA) is 63.1 Å². The van der Waals surface area contributed by atoms with Crippen LogP contribution >= 0.6 is 11.3 Å². The first kappa shape index (κ1) is 16.1. The molecular formula is C16H23N5OS. The third kappa shape index (κ3) is 4.17. The summed E-state index contributed by atoms with van der Waals surface area (Å²) >= 11 is 1.73. The number of amides is 1. The molecule has 0 aliphatic carbocycles. The molecule has 3 rings (SSSR count). The fourth-order valence-electron chi connectivity index (χ4n) is 3.17. The third-order valence-corrected chi connectivity index (χ3v) is 5.35. The molecule has 7 heteroatoms. The summed E-state index contributed by atoms with van der Waals surface area (Å²) in [6, 6.07) is 4.40. The van der Waals surface area contributed by atoms with Gasteiger partial charge in [0.2, 0.25) is 5.91 Å². The van der Waals surface area contributed by atoms with Crippen LogP contribution in [0, 0.1) is 0 Å². The number of carbonyl (C=O) groups excluding carboxylic acids is 1.